The number of para-hydroxylation sites is 2. The summed E-state index contributed by atoms with van der Waals surface area (Å²) in [5, 5.41) is 2.41. The van der Waals surface area contributed by atoms with Crippen LogP contribution in [0.3, 0.4) is 0 Å². The maximum Gasteiger partial charge on any atom is 0.254 e. The number of fused-ring (bicyclic) bond motifs is 7. The molecule has 13 rings (SSSR count). The molecule has 0 amide bonds. The highest BCUT2D eigenvalue weighted by Gasteiger charge is 2.45. The van der Waals surface area contributed by atoms with Gasteiger partial charge in [0.25, 0.3) is 6.71 Å². The highest BCUT2D eigenvalue weighted by Crippen LogP contribution is 2.48. The first-order valence-corrected chi connectivity index (χ1v) is 28.0. The van der Waals surface area contributed by atoms with Crippen LogP contribution in [0.2, 0.25) is 0 Å². The van der Waals surface area contributed by atoms with E-state index in [0.29, 0.717) is 0 Å². The van der Waals surface area contributed by atoms with E-state index in [1.165, 1.54) is 60.8 Å². The molecule has 79 heavy (non-hydrogen) atoms. The second-order valence-corrected chi connectivity index (χ2v) is 24.9. The molecule has 0 spiro atoms. The lowest BCUT2D eigenvalue weighted by Gasteiger charge is -2.43. The number of hydrogen-bond acceptors (Lipinski definition) is 4. The first kappa shape index (κ1) is 49.8. The summed E-state index contributed by atoms with van der Waals surface area (Å²) in [5.41, 5.74) is 22.6. The second-order valence-electron chi connectivity index (χ2n) is 24.9. The normalized spacial score (nSPS) is 13.1. The molecule has 0 saturated carbocycles. The molecule has 0 radical (unpaired) electrons. The molecular weight excluding hydrogens is 958 g/mol. The van der Waals surface area contributed by atoms with Crippen molar-refractivity contribution < 1.29 is 0 Å². The van der Waals surface area contributed by atoms with Gasteiger partial charge in [0.1, 0.15) is 5.82 Å². The van der Waals surface area contributed by atoms with Crippen LogP contribution in [-0.2, 0) is 16.2 Å². The number of nitrogens with zero attached hydrogens (tertiary/aromatic N) is 5. The number of benzene rings is 9. The SMILES string of the molecule is Cc1cc2c3c(c1)N(c1ccccc1)c1c(cc4cc(N(c5ccc(C(C)(C)C)cc5)c5cccc6ccccc56)ccn14)B3c1ccc(N(c3ccc(C(C)(C)C)cc3)c3ccc(C(C)(C)C)cc3)cc1N2c1ccccc1. The van der Waals surface area contributed by atoms with Crippen molar-refractivity contribution in [1.82, 2.24) is 4.40 Å². The Morgan fingerprint density at radius 2 is 0.861 bits per heavy atom. The van der Waals surface area contributed by atoms with Crippen LogP contribution in [0.15, 0.2) is 231 Å². The fraction of sp³-hybridized carbons (Fsp3) is 0.178. The van der Waals surface area contributed by atoms with Gasteiger partial charge >= 0.3 is 0 Å². The molecule has 6 heteroatoms. The molecule has 0 bridgehead atoms. The lowest BCUT2D eigenvalue weighted by molar-refractivity contribution is 0.590. The molecule has 0 fully saturated rings. The van der Waals surface area contributed by atoms with E-state index in [4.69, 9.17) is 0 Å². The van der Waals surface area contributed by atoms with Crippen molar-refractivity contribution in [2.75, 3.05) is 19.6 Å². The van der Waals surface area contributed by atoms with Crippen LogP contribution in [0.25, 0.3) is 16.3 Å². The van der Waals surface area contributed by atoms with E-state index in [1.54, 1.807) is 0 Å². The van der Waals surface area contributed by atoms with E-state index in [1.807, 2.05) is 0 Å². The van der Waals surface area contributed by atoms with Crippen LogP contribution in [0.4, 0.5) is 68.4 Å². The van der Waals surface area contributed by atoms with Gasteiger partial charge in [-0.1, -0.05) is 178 Å². The third-order valence-corrected chi connectivity index (χ3v) is 16.4. The van der Waals surface area contributed by atoms with Crippen molar-refractivity contribution >= 4 is 108 Å². The van der Waals surface area contributed by atoms with Gasteiger partial charge in [-0.15, -0.1) is 0 Å². The summed E-state index contributed by atoms with van der Waals surface area (Å²) in [4.78, 5) is 9.93. The highest BCUT2D eigenvalue weighted by atomic mass is 15.3. The number of aromatic nitrogens is 1. The van der Waals surface area contributed by atoms with Gasteiger partial charge in [0.15, 0.2) is 0 Å². The monoisotopic (exact) mass is 1030 g/mol. The topological polar surface area (TPSA) is 17.4 Å². The summed E-state index contributed by atoms with van der Waals surface area (Å²) >= 11 is 0. The minimum absolute atomic E-state index is 0.0268. The fourth-order valence-electron chi connectivity index (χ4n) is 12.3. The molecule has 2 aliphatic rings. The summed E-state index contributed by atoms with van der Waals surface area (Å²) in [6.45, 7) is 22.7. The zero-order chi connectivity index (χ0) is 54.5. The summed E-state index contributed by atoms with van der Waals surface area (Å²) in [6.07, 6.45) is 2.31. The Kier molecular flexibility index (Phi) is 11.8. The quantitative estimate of drug-likeness (QED) is 0.141. The molecule has 388 valence electrons. The molecule has 2 aromatic heterocycles. The predicted octanol–water partition coefficient (Wildman–Crippen LogP) is 18.3. The summed E-state index contributed by atoms with van der Waals surface area (Å²) in [7, 11) is 0. The Bertz CT molecular complexity index is 4020. The summed E-state index contributed by atoms with van der Waals surface area (Å²) in [5.74, 6) is 1.15. The maximum absolute atomic E-state index is 2.53. The van der Waals surface area contributed by atoms with Crippen molar-refractivity contribution in [2.24, 2.45) is 0 Å². The molecular formula is C73H68BN5. The van der Waals surface area contributed by atoms with Crippen molar-refractivity contribution in [3.05, 3.63) is 253 Å². The van der Waals surface area contributed by atoms with Crippen molar-refractivity contribution in [1.29, 1.82) is 0 Å². The maximum atomic E-state index is 2.53. The van der Waals surface area contributed by atoms with Crippen LogP contribution in [-0.4, -0.2) is 11.1 Å². The zero-order valence-corrected chi connectivity index (χ0v) is 47.3. The summed E-state index contributed by atoms with van der Waals surface area (Å²) < 4.78 is 2.43. The first-order valence-electron chi connectivity index (χ1n) is 28.0. The van der Waals surface area contributed by atoms with Crippen molar-refractivity contribution in [3.63, 3.8) is 0 Å². The minimum atomic E-state index is -0.0855. The van der Waals surface area contributed by atoms with Gasteiger partial charge in [0.05, 0.1) is 5.69 Å². The second kappa shape index (κ2) is 18.7. The van der Waals surface area contributed by atoms with E-state index < -0.39 is 0 Å². The molecule has 2 aliphatic heterocycles. The number of pyridine rings is 1. The fourth-order valence-corrected chi connectivity index (χ4v) is 12.3. The molecule has 0 aliphatic carbocycles. The minimum Gasteiger partial charge on any atom is -0.311 e. The summed E-state index contributed by atoms with van der Waals surface area (Å²) in [6, 6.07) is 84.2. The molecule has 0 saturated heterocycles. The predicted molar refractivity (Wildman–Crippen MR) is 339 cm³/mol. The van der Waals surface area contributed by atoms with Crippen LogP contribution in [0.5, 0.6) is 0 Å². The van der Waals surface area contributed by atoms with E-state index in [2.05, 4.69) is 324 Å². The van der Waals surface area contributed by atoms with Gasteiger partial charge in [0.2, 0.25) is 0 Å². The average Bonchev–Trinajstić information content (AvgIpc) is 3.73. The van der Waals surface area contributed by atoms with Crippen LogP contribution < -0.4 is 36.0 Å². The Balaban J connectivity index is 1.05. The van der Waals surface area contributed by atoms with E-state index >= 15 is 0 Å². The molecule has 0 N–H and O–H groups in total. The molecule has 4 heterocycles. The zero-order valence-electron chi connectivity index (χ0n) is 47.3. The Hall–Kier alpha value is -8.74. The largest absolute Gasteiger partial charge is 0.311 e. The van der Waals surface area contributed by atoms with Crippen LogP contribution in [0, 0.1) is 6.92 Å². The molecule has 0 unspecified atom stereocenters. The molecule has 0 atom stereocenters. The van der Waals surface area contributed by atoms with Gasteiger partial charge < -0.3 is 19.1 Å². The number of aryl methyl sites for hydroxylation is 1. The Morgan fingerprint density at radius 1 is 0.380 bits per heavy atom. The molecule has 9 aromatic carbocycles. The standard InChI is InChI=1S/C73H68BN5/c1-49-44-67-69-68(45-49)79(55-24-15-12-16-25-55)70-64(47-61-46-60(42-43-75(61)70)77(58-38-32-53(33-39-58)73(8,9)10)65-27-19-21-50-20-17-18-26-62(50)65)74(69)63-41-40-59(48-66(63)78(67)54-22-13-11-14-23-54)76(56-34-28-51(29-35-56)71(2,3)4)57-36-30-52(31-37-57)72(5,6)7/h11-48H,1-10H3. The van der Waals surface area contributed by atoms with Gasteiger partial charge in [-0.25, -0.2) is 0 Å². The van der Waals surface area contributed by atoms with Gasteiger partial charge in [-0.05, 0) is 176 Å². The molecule has 11 aromatic rings. The Labute approximate surface area is 467 Å². The van der Waals surface area contributed by atoms with Gasteiger partial charge in [-0.2, -0.15) is 0 Å². The van der Waals surface area contributed by atoms with E-state index in [-0.39, 0.29) is 23.0 Å². The van der Waals surface area contributed by atoms with Crippen molar-refractivity contribution in [3.8, 4) is 0 Å². The lowest BCUT2D eigenvalue weighted by Crippen LogP contribution is -2.61. The molecule has 5 nitrogen and oxygen atoms in total. The average molecular weight is 1030 g/mol. The number of anilines is 12. The van der Waals surface area contributed by atoms with Gasteiger partial charge in [-0.3, -0.25) is 4.90 Å². The van der Waals surface area contributed by atoms with E-state index in [9.17, 15) is 0 Å². The number of rotatable bonds is 8. The van der Waals surface area contributed by atoms with E-state index in [0.717, 1.165) is 62.5 Å². The smallest absolute Gasteiger partial charge is 0.254 e. The van der Waals surface area contributed by atoms with Crippen LogP contribution >= 0.6 is 0 Å². The lowest BCUT2D eigenvalue weighted by atomic mass is 9.34. The Morgan fingerprint density at radius 3 is 1.43 bits per heavy atom. The third-order valence-electron chi connectivity index (χ3n) is 16.4. The van der Waals surface area contributed by atoms with Crippen LogP contribution in [0.1, 0.15) is 84.6 Å². The van der Waals surface area contributed by atoms with Crippen molar-refractivity contribution in [2.45, 2.75) is 85.5 Å². The third kappa shape index (κ3) is 8.66. The number of hydrogen-bond donors (Lipinski definition) is 0. The highest BCUT2D eigenvalue weighted by molar-refractivity contribution is 7.00. The first-order chi connectivity index (χ1) is 38.0. The van der Waals surface area contributed by atoms with Gasteiger partial charge in [0, 0.05) is 74.0 Å².